The smallest absolute Gasteiger partial charge is 0.119 e. The van der Waals surface area contributed by atoms with Crippen LogP contribution in [0.3, 0.4) is 0 Å². The Kier molecular flexibility index (Phi) is 9.51. The molecule has 0 aliphatic rings. The highest BCUT2D eigenvalue weighted by Gasteiger charge is 2.18. The molecule has 0 bridgehead atoms. The Hall–Kier alpha value is -1.96. The number of benzene rings is 2. The molecule has 0 aliphatic heterocycles. The molecule has 1 aromatic heterocycles. The molecule has 0 spiro atoms. The lowest BCUT2D eigenvalue weighted by molar-refractivity contribution is 0.254. The summed E-state index contributed by atoms with van der Waals surface area (Å²) in [7, 11) is 1.68. The lowest BCUT2D eigenvalue weighted by Crippen LogP contribution is -2.30. The Balaban J connectivity index is 1.89. The van der Waals surface area contributed by atoms with Gasteiger partial charge < -0.3 is 26.8 Å². The number of methoxy groups -OCH3 is 1. The number of hydrogen-bond acceptors (Lipinski definition) is 6. The minimum absolute atomic E-state index is 0.136. The summed E-state index contributed by atoms with van der Waals surface area (Å²) in [5.41, 5.74) is 21.1. The van der Waals surface area contributed by atoms with Crippen LogP contribution in [0.25, 0.3) is 21.8 Å². The number of aromatic nitrogens is 1. The van der Waals surface area contributed by atoms with E-state index < -0.39 is 0 Å². The Morgan fingerprint density at radius 3 is 2.28 bits per heavy atom. The van der Waals surface area contributed by atoms with Gasteiger partial charge in [-0.3, -0.25) is 0 Å². The summed E-state index contributed by atoms with van der Waals surface area (Å²) in [6.07, 6.45) is 5.13. The van der Waals surface area contributed by atoms with Gasteiger partial charge in [-0.15, -0.1) is 0 Å². The van der Waals surface area contributed by atoms with E-state index in [0.717, 1.165) is 97.9 Å². The Labute approximate surface area is 196 Å². The molecule has 7 heteroatoms. The van der Waals surface area contributed by atoms with Crippen molar-refractivity contribution in [2.45, 2.75) is 38.1 Å². The first-order chi connectivity index (χ1) is 15.6. The number of pyridine rings is 1. The van der Waals surface area contributed by atoms with E-state index in [9.17, 15) is 0 Å². The summed E-state index contributed by atoms with van der Waals surface area (Å²) >= 11 is 6.26. The van der Waals surface area contributed by atoms with Crippen LogP contribution < -0.4 is 21.9 Å². The molecule has 0 amide bonds. The van der Waals surface area contributed by atoms with Crippen LogP contribution in [0.2, 0.25) is 5.02 Å². The van der Waals surface area contributed by atoms with Gasteiger partial charge in [-0.25, -0.2) is 4.98 Å². The van der Waals surface area contributed by atoms with Crippen LogP contribution in [0.4, 0.5) is 0 Å². The van der Waals surface area contributed by atoms with Gasteiger partial charge in [0.15, 0.2) is 0 Å². The van der Waals surface area contributed by atoms with Crippen LogP contribution >= 0.6 is 11.6 Å². The van der Waals surface area contributed by atoms with Crippen molar-refractivity contribution in [3.63, 3.8) is 0 Å². The first kappa shape index (κ1) is 24.7. The molecule has 32 heavy (non-hydrogen) atoms. The predicted octanol–water partition coefficient (Wildman–Crippen LogP) is 4.22. The van der Waals surface area contributed by atoms with Crippen LogP contribution in [-0.2, 0) is 0 Å². The Morgan fingerprint density at radius 2 is 1.62 bits per heavy atom. The van der Waals surface area contributed by atoms with Gasteiger partial charge in [-0.05, 0) is 101 Å². The van der Waals surface area contributed by atoms with E-state index in [0.29, 0.717) is 5.02 Å². The van der Waals surface area contributed by atoms with Crippen molar-refractivity contribution in [3.8, 4) is 5.75 Å². The second-order valence-electron chi connectivity index (χ2n) is 8.30. The largest absolute Gasteiger partial charge is 0.497 e. The lowest BCUT2D eigenvalue weighted by atomic mass is 9.94. The molecule has 3 rings (SSSR count). The predicted molar refractivity (Wildman–Crippen MR) is 135 cm³/mol. The molecule has 6 nitrogen and oxygen atoms in total. The zero-order valence-electron chi connectivity index (χ0n) is 19.0. The molecule has 0 saturated carbocycles. The average Bonchev–Trinajstić information content (AvgIpc) is 2.80. The topological polar surface area (TPSA) is 103 Å². The third-order valence-corrected chi connectivity index (χ3v) is 6.20. The number of ether oxygens (including phenoxy) is 1. The summed E-state index contributed by atoms with van der Waals surface area (Å²) in [6, 6.07) is 11.6. The van der Waals surface area contributed by atoms with Crippen molar-refractivity contribution in [3.05, 3.63) is 47.0 Å². The molecule has 0 aliphatic carbocycles. The van der Waals surface area contributed by atoms with Crippen LogP contribution in [0.5, 0.6) is 5.75 Å². The van der Waals surface area contributed by atoms with Crippen molar-refractivity contribution < 1.29 is 4.74 Å². The van der Waals surface area contributed by atoms with Gasteiger partial charge in [-0.2, -0.15) is 0 Å². The van der Waals surface area contributed by atoms with E-state index in [1.165, 1.54) is 0 Å². The van der Waals surface area contributed by atoms with Crippen LogP contribution in [-0.4, -0.2) is 49.7 Å². The Bertz CT molecular complexity index is 1000. The molecule has 0 radical (unpaired) electrons. The van der Waals surface area contributed by atoms with Crippen molar-refractivity contribution in [1.29, 1.82) is 0 Å². The summed E-state index contributed by atoms with van der Waals surface area (Å²) in [6.45, 7) is 4.47. The first-order valence-electron chi connectivity index (χ1n) is 11.5. The average molecular weight is 458 g/mol. The number of nitrogens with two attached hydrogens (primary N) is 3. The SMILES string of the molecule is COc1ccc2nc3cc(Cl)ccc3c(C(N)CCN(CCCCN)CCCCN)c2c1. The van der Waals surface area contributed by atoms with Crippen LogP contribution in [0.1, 0.15) is 43.7 Å². The summed E-state index contributed by atoms with van der Waals surface area (Å²) in [5.74, 6) is 0.797. The van der Waals surface area contributed by atoms with Gasteiger partial charge in [-0.1, -0.05) is 17.7 Å². The molecule has 1 heterocycles. The number of hydrogen-bond donors (Lipinski definition) is 3. The highest BCUT2D eigenvalue weighted by atomic mass is 35.5. The minimum Gasteiger partial charge on any atom is -0.497 e. The van der Waals surface area contributed by atoms with Gasteiger partial charge in [0.2, 0.25) is 0 Å². The molecule has 0 saturated heterocycles. The second-order valence-corrected chi connectivity index (χ2v) is 8.73. The van der Waals surface area contributed by atoms with Crippen molar-refractivity contribution in [2.24, 2.45) is 17.2 Å². The molecular formula is C25H36ClN5O. The second kappa shape index (κ2) is 12.3. The highest BCUT2D eigenvalue weighted by Crippen LogP contribution is 2.34. The third-order valence-electron chi connectivity index (χ3n) is 5.97. The van der Waals surface area contributed by atoms with Crippen molar-refractivity contribution >= 4 is 33.4 Å². The number of fused-ring (bicyclic) bond motifs is 2. The first-order valence-corrected chi connectivity index (χ1v) is 11.9. The van der Waals surface area contributed by atoms with Gasteiger partial charge >= 0.3 is 0 Å². The molecule has 0 fully saturated rings. The fourth-order valence-electron chi connectivity index (χ4n) is 4.22. The monoisotopic (exact) mass is 457 g/mol. The van der Waals surface area contributed by atoms with Gasteiger partial charge in [0.25, 0.3) is 0 Å². The number of rotatable bonds is 13. The Morgan fingerprint density at radius 1 is 0.906 bits per heavy atom. The highest BCUT2D eigenvalue weighted by molar-refractivity contribution is 6.31. The van der Waals surface area contributed by atoms with E-state index in [2.05, 4.69) is 4.90 Å². The van der Waals surface area contributed by atoms with E-state index in [1.807, 2.05) is 36.4 Å². The fraction of sp³-hybridized carbons (Fsp3) is 0.480. The molecule has 1 atom stereocenters. The maximum atomic E-state index is 6.85. The maximum Gasteiger partial charge on any atom is 0.119 e. The van der Waals surface area contributed by atoms with Crippen molar-refractivity contribution in [1.82, 2.24) is 9.88 Å². The zero-order chi connectivity index (χ0) is 22.9. The summed E-state index contributed by atoms with van der Waals surface area (Å²) in [5, 5.41) is 2.74. The molecule has 1 unspecified atom stereocenters. The van der Waals surface area contributed by atoms with E-state index in [1.54, 1.807) is 7.11 Å². The molecule has 6 N–H and O–H groups in total. The standard InChI is InChI=1S/C25H36ClN5O/c1-32-19-7-9-23-21(17-19)25(20-8-6-18(26)16-24(20)30-23)22(29)10-15-31(13-4-2-11-27)14-5-3-12-28/h6-9,16-17,22H,2-5,10-15,27-29H2,1H3. The van der Waals surface area contributed by atoms with Crippen molar-refractivity contribution in [2.75, 3.05) is 39.8 Å². The van der Waals surface area contributed by atoms with E-state index >= 15 is 0 Å². The van der Waals surface area contributed by atoms with E-state index in [4.69, 9.17) is 38.5 Å². The van der Waals surface area contributed by atoms with Gasteiger partial charge in [0.05, 0.1) is 18.1 Å². The molecule has 174 valence electrons. The lowest BCUT2D eigenvalue weighted by Gasteiger charge is -2.25. The summed E-state index contributed by atoms with van der Waals surface area (Å²) < 4.78 is 5.48. The van der Waals surface area contributed by atoms with Gasteiger partial charge in [0.1, 0.15) is 5.75 Å². The number of halogens is 1. The fourth-order valence-corrected chi connectivity index (χ4v) is 4.38. The quantitative estimate of drug-likeness (QED) is 0.262. The molecule has 3 aromatic rings. The molecular weight excluding hydrogens is 422 g/mol. The minimum atomic E-state index is -0.136. The zero-order valence-corrected chi connectivity index (χ0v) is 19.8. The normalized spacial score (nSPS) is 12.7. The number of unbranched alkanes of at least 4 members (excludes halogenated alkanes) is 2. The van der Waals surface area contributed by atoms with Gasteiger partial charge in [0, 0.05) is 21.8 Å². The molecule has 2 aromatic carbocycles. The number of nitrogens with zero attached hydrogens (tertiary/aromatic N) is 2. The third kappa shape index (κ3) is 6.30. The van der Waals surface area contributed by atoms with E-state index in [-0.39, 0.29) is 6.04 Å². The van der Waals surface area contributed by atoms with Crippen LogP contribution in [0, 0.1) is 0 Å². The summed E-state index contributed by atoms with van der Waals surface area (Å²) in [4.78, 5) is 7.32. The maximum absolute atomic E-state index is 6.85. The van der Waals surface area contributed by atoms with Crippen LogP contribution in [0.15, 0.2) is 36.4 Å².